The average molecular weight is 261 g/mol. The molecule has 16 heavy (non-hydrogen) atoms. The van der Waals surface area contributed by atoms with Crippen LogP contribution in [0.15, 0.2) is 12.1 Å². The van der Waals surface area contributed by atoms with Crippen molar-refractivity contribution in [1.29, 1.82) is 0 Å². The van der Waals surface area contributed by atoms with E-state index in [4.69, 9.17) is 28.9 Å². The predicted molar refractivity (Wildman–Crippen MR) is 73.4 cm³/mol. The van der Waals surface area contributed by atoms with Crippen molar-refractivity contribution in [3.63, 3.8) is 0 Å². The van der Waals surface area contributed by atoms with Crippen LogP contribution in [0.3, 0.4) is 0 Å². The quantitative estimate of drug-likeness (QED) is 0.787. The van der Waals surface area contributed by atoms with E-state index in [0.717, 1.165) is 12.1 Å². The molecule has 0 radical (unpaired) electrons. The number of nitrogens with two attached hydrogens (primary N) is 1. The summed E-state index contributed by atoms with van der Waals surface area (Å²) in [7, 11) is 0. The largest absolute Gasteiger partial charge is 0.397 e. The van der Waals surface area contributed by atoms with E-state index in [0.29, 0.717) is 27.7 Å². The van der Waals surface area contributed by atoms with Gasteiger partial charge in [0, 0.05) is 6.04 Å². The van der Waals surface area contributed by atoms with Gasteiger partial charge in [0.15, 0.2) is 0 Å². The van der Waals surface area contributed by atoms with Crippen LogP contribution in [0.5, 0.6) is 0 Å². The van der Waals surface area contributed by atoms with Crippen molar-refractivity contribution in [2.45, 2.75) is 33.2 Å². The van der Waals surface area contributed by atoms with E-state index < -0.39 is 0 Å². The Bertz CT molecular complexity index is 366. The van der Waals surface area contributed by atoms with Gasteiger partial charge in [-0.05, 0) is 25.0 Å². The van der Waals surface area contributed by atoms with E-state index in [1.54, 1.807) is 12.1 Å². The Morgan fingerprint density at radius 1 is 1.25 bits per heavy atom. The Balaban J connectivity index is 2.85. The minimum atomic E-state index is 0.351. The molecule has 0 heterocycles. The third kappa shape index (κ3) is 3.19. The highest BCUT2D eigenvalue weighted by molar-refractivity contribution is 6.42. The second kappa shape index (κ2) is 5.65. The lowest BCUT2D eigenvalue weighted by molar-refractivity contribution is 0.495. The molecule has 2 atom stereocenters. The van der Waals surface area contributed by atoms with E-state index in [9.17, 15) is 0 Å². The summed E-state index contributed by atoms with van der Waals surface area (Å²) in [5, 5.41) is 4.37. The third-order valence-electron chi connectivity index (χ3n) is 2.97. The maximum atomic E-state index is 5.96. The average Bonchev–Trinajstić information content (AvgIpc) is 2.24. The lowest BCUT2D eigenvalue weighted by Gasteiger charge is -2.22. The molecule has 0 aliphatic carbocycles. The van der Waals surface area contributed by atoms with E-state index in [1.165, 1.54) is 0 Å². The van der Waals surface area contributed by atoms with Crippen LogP contribution in [-0.2, 0) is 0 Å². The van der Waals surface area contributed by atoms with Gasteiger partial charge in [-0.3, -0.25) is 0 Å². The number of rotatable bonds is 4. The molecule has 90 valence electrons. The van der Waals surface area contributed by atoms with Gasteiger partial charge in [-0.1, -0.05) is 43.5 Å². The SMILES string of the molecule is CCC(C)C(C)Nc1cc(Cl)c(Cl)cc1N. The summed E-state index contributed by atoms with van der Waals surface area (Å²) in [5.41, 5.74) is 7.35. The number of nitrogen functional groups attached to an aromatic ring is 1. The molecule has 0 amide bonds. The molecule has 1 aromatic carbocycles. The molecule has 0 aromatic heterocycles. The van der Waals surface area contributed by atoms with Crippen LogP contribution in [0, 0.1) is 5.92 Å². The highest BCUT2D eigenvalue weighted by Gasteiger charge is 2.12. The maximum Gasteiger partial charge on any atom is 0.0614 e. The van der Waals surface area contributed by atoms with Crippen LogP contribution in [0.25, 0.3) is 0 Å². The molecule has 4 heteroatoms. The number of hydrogen-bond acceptors (Lipinski definition) is 2. The topological polar surface area (TPSA) is 38.0 Å². The van der Waals surface area contributed by atoms with E-state index >= 15 is 0 Å². The fourth-order valence-corrected chi connectivity index (χ4v) is 1.76. The summed E-state index contributed by atoms with van der Waals surface area (Å²) in [6, 6.07) is 3.80. The van der Waals surface area contributed by atoms with E-state index in [-0.39, 0.29) is 0 Å². The van der Waals surface area contributed by atoms with Gasteiger partial charge in [-0.15, -0.1) is 0 Å². The van der Waals surface area contributed by atoms with Crippen molar-refractivity contribution >= 4 is 34.6 Å². The molecular weight excluding hydrogens is 243 g/mol. The van der Waals surface area contributed by atoms with Crippen molar-refractivity contribution in [2.75, 3.05) is 11.1 Å². The number of benzene rings is 1. The summed E-state index contributed by atoms with van der Waals surface area (Å²) < 4.78 is 0. The summed E-state index contributed by atoms with van der Waals surface area (Å²) >= 11 is 11.8. The standard InChI is InChI=1S/C12H18Cl2N2/c1-4-7(2)8(3)16-12-6-10(14)9(13)5-11(12)15/h5-8,16H,4,15H2,1-3H3. The fourth-order valence-electron chi connectivity index (χ4n) is 1.43. The third-order valence-corrected chi connectivity index (χ3v) is 3.70. The molecule has 0 aliphatic heterocycles. The van der Waals surface area contributed by atoms with Crippen LogP contribution < -0.4 is 11.1 Å². The monoisotopic (exact) mass is 260 g/mol. The smallest absolute Gasteiger partial charge is 0.0614 e. The molecular formula is C12H18Cl2N2. The summed E-state index contributed by atoms with van der Waals surface area (Å²) in [6.07, 6.45) is 1.12. The lowest BCUT2D eigenvalue weighted by Crippen LogP contribution is -2.23. The Hall–Kier alpha value is -0.600. The summed E-state index contributed by atoms with van der Waals surface area (Å²) in [4.78, 5) is 0. The second-order valence-electron chi connectivity index (χ2n) is 4.17. The molecule has 1 rings (SSSR count). The molecule has 2 nitrogen and oxygen atoms in total. The van der Waals surface area contributed by atoms with Gasteiger partial charge in [0.25, 0.3) is 0 Å². The molecule has 3 N–H and O–H groups in total. The lowest BCUT2D eigenvalue weighted by atomic mass is 10.0. The Morgan fingerprint density at radius 2 is 1.81 bits per heavy atom. The van der Waals surface area contributed by atoms with Gasteiger partial charge >= 0.3 is 0 Å². The van der Waals surface area contributed by atoms with Crippen LogP contribution >= 0.6 is 23.2 Å². The maximum absolute atomic E-state index is 5.96. The van der Waals surface area contributed by atoms with Crippen LogP contribution in [0.4, 0.5) is 11.4 Å². The van der Waals surface area contributed by atoms with Crippen molar-refractivity contribution in [3.05, 3.63) is 22.2 Å². The van der Waals surface area contributed by atoms with Crippen LogP contribution in [0.2, 0.25) is 10.0 Å². The molecule has 0 fully saturated rings. The molecule has 0 aliphatic rings. The van der Waals surface area contributed by atoms with Gasteiger partial charge in [-0.25, -0.2) is 0 Å². The zero-order chi connectivity index (χ0) is 12.3. The predicted octanol–water partition coefficient (Wildman–Crippen LogP) is 4.42. The molecule has 1 aromatic rings. The molecule has 0 saturated heterocycles. The molecule has 0 bridgehead atoms. The Kier molecular flexibility index (Phi) is 4.75. The van der Waals surface area contributed by atoms with Crippen molar-refractivity contribution in [2.24, 2.45) is 5.92 Å². The molecule has 2 unspecified atom stereocenters. The van der Waals surface area contributed by atoms with Crippen molar-refractivity contribution in [3.8, 4) is 0 Å². The first-order valence-electron chi connectivity index (χ1n) is 5.46. The van der Waals surface area contributed by atoms with Crippen LogP contribution in [-0.4, -0.2) is 6.04 Å². The number of anilines is 2. The van der Waals surface area contributed by atoms with E-state index in [1.807, 2.05) is 0 Å². The highest BCUT2D eigenvalue weighted by Crippen LogP contribution is 2.31. The van der Waals surface area contributed by atoms with Gasteiger partial charge in [0.05, 0.1) is 21.4 Å². The van der Waals surface area contributed by atoms with E-state index in [2.05, 4.69) is 26.1 Å². The minimum absolute atomic E-state index is 0.351. The van der Waals surface area contributed by atoms with Gasteiger partial charge in [-0.2, -0.15) is 0 Å². The molecule has 0 spiro atoms. The minimum Gasteiger partial charge on any atom is -0.397 e. The van der Waals surface area contributed by atoms with Gasteiger partial charge < -0.3 is 11.1 Å². The number of hydrogen-bond donors (Lipinski definition) is 2. The zero-order valence-corrected chi connectivity index (χ0v) is 11.4. The van der Waals surface area contributed by atoms with Gasteiger partial charge in [0.2, 0.25) is 0 Å². The van der Waals surface area contributed by atoms with Crippen molar-refractivity contribution < 1.29 is 0 Å². The van der Waals surface area contributed by atoms with Gasteiger partial charge in [0.1, 0.15) is 0 Å². The number of halogens is 2. The summed E-state index contributed by atoms with van der Waals surface area (Å²) in [6.45, 7) is 6.50. The fraction of sp³-hybridized carbons (Fsp3) is 0.500. The number of nitrogens with one attached hydrogen (secondary N) is 1. The Morgan fingerprint density at radius 3 is 2.38 bits per heavy atom. The first kappa shape index (κ1) is 13.5. The normalized spacial score (nSPS) is 14.6. The highest BCUT2D eigenvalue weighted by atomic mass is 35.5. The first-order valence-corrected chi connectivity index (χ1v) is 6.22. The zero-order valence-electron chi connectivity index (χ0n) is 9.85. The van der Waals surface area contributed by atoms with Crippen molar-refractivity contribution in [1.82, 2.24) is 0 Å². The van der Waals surface area contributed by atoms with Crippen LogP contribution in [0.1, 0.15) is 27.2 Å². The Labute approximate surface area is 107 Å². The first-order chi connectivity index (χ1) is 7.45. The summed E-state index contributed by atoms with van der Waals surface area (Å²) in [5.74, 6) is 0.578. The molecule has 0 saturated carbocycles. The second-order valence-corrected chi connectivity index (χ2v) is 4.99.